The van der Waals surface area contributed by atoms with Crippen LogP contribution >= 0.6 is 11.8 Å². The van der Waals surface area contributed by atoms with Crippen LogP contribution in [-0.4, -0.2) is 39.1 Å². The first kappa shape index (κ1) is 24.8. The number of amides is 3. The molecule has 1 unspecified atom stereocenters. The topological polar surface area (TPSA) is 114 Å². The Morgan fingerprint density at radius 1 is 1.09 bits per heavy atom. The van der Waals surface area contributed by atoms with Crippen molar-refractivity contribution in [3.05, 3.63) is 71.5 Å². The highest BCUT2D eigenvalue weighted by atomic mass is 32.2. The molecule has 3 amide bonds. The minimum atomic E-state index is -0.804. The number of aryl methyl sites for hydroxylation is 2. The average Bonchev–Trinajstić information content (AvgIpc) is 3.24. The summed E-state index contributed by atoms with van der Waals surface area (Å²) in [5.74, 6) is -0.333. The molecule has 2 aromatic carbocycles. The number of carbonyl (C=O) groups is 3. The lowest BCUT2D eigenvalue weighted by atomic mass is 10.1. The Balaban J connectivity index is 1.45. The highest BCUT2D eigenvalue weighted by molar-refractivity contribution is 7.99. The predicted molar refractivity (Wildman–Crippen MR) is 131 cm³/mol. The summed E-state index contributed by atoms with van der Waals surface area (Å²) >= 11 is 1.33. The molecule has 0 spiro atoms. The number of hydrazine groups is 1. The fourth-order valence-corrected chi connectivity index (χ4v) is 3.64. The molecule has 34 heavy (non-hydrogen) atoms. The number of hydrogen-bond acceptors (Lipinski definition) is 6. The van der Waals surface area contributed by atoms with Crippen LogP contribution < -0.4 is 20.9 Å². The number of nitrogens with one attached hydrogen (secondary N) is 3. The molecule has 0 saturated heterocycles. The van der Waals surface area contributed by atoms with Crippen molar-refractivity contribution in [3.63, 3.8) is 0 Å². The van der Waals surface area contributed by atoms with Crippen LogP contribution in [0.2, 0.25) is 0 Å². The van der Waals surface area contributed by atoms with E-state index < -0.39 is 17.9 Å². The Bertz CT molecular complexity index is 1180. The van der Waals surface area contributed by atoms with Crippen molar-refractivity contribution in [2.24, 2.45) is 7.05 Å². The van der Waals surface area contributed by atoms with E-state index in [9.17, 15) is 14.4 Å². The van der Waals surface area contributed by atoms with Gasteiger partial charge in [0, 0.05) is 30.7 Å². The van der Waals surface area contributed by atoms with Crippen molar-refractivity contribution in [2.45, 2.75) is 32.0 Å². The van der Waals surface area contributed by atoms with Gasteiger partial charge in [-0.2, -0.15) is 0 Å². The molecule has 10 heteroatoms. The summed E-state index contributed by atoms with van der Waals surface area (Å²) in [5, 5.41) is 3.52. The molecule has 3 N–H and O–H groups in total. The number of aromatic nitrogens is 2. The fourth-order valence-electron chi connectivity index (χ4n) is 2.91. The van der Waals surface area contributed by atoms with Crippen LogP contribution in [0.1, 0.15) is 28.4 Å². The summed E-state index contributed by atoms with van der Waals surface area (Å²) in [7, 11) is 1.86. The SMILES string of the molecule is Cc1cccc(OC(C)C(=O)NNC(=O)c2ccc(NC(=O)CSc3nccn3C)cc2)c1C. The molecular formula is C24H27N5O4S. The Morgan fingerprint density at radius 3 is 2.50 bits per heavy atom. The highest BCUT2D eigenvalue weighted by Gasteiger charge is 2.17. The minimum absolute atomic E-state index is 0.185. The first-order chi connectivity index (χ1) is 16.2. The Morgan fingerprint density at radius 2 is 1.82 bits per heavy atom. The predicted octanol–water partition coefficient (Wildman–Crippen LogP) is 3.00. The van der Waals surface area contributed by atoms with Gasteiger partial charge >= 0.3 is 0 Å². The lowest BCUT2D eigenvalue weighted by molar-refractivity contribution is -0.128. The van der Waals surface area contributed by atoms with Crippen molar-refractivity contribution in [1.29, 1.82) is 0 Å². The highest BCUT2D eigenvalue weighted by Crippen LogP contribution is 2.21. The molecule has 9 nitrogen and oxygen atoms in total. The lowest BCUT2D eigenvalue weighted by Crippen LogP contribution is -2.47. The van der Waals surface area contributed by atoms with E-state index in [1.165, 1.54) is 11.8 Å². The summed E-state index contributed by atoms with van der Waals surface area (Å²) in [5.41, 5.74) is 7.64. The van der Waals surface area contributed by atoms with Crippen LogP contribution in [0.5, 0.6) is 5.75 Å². The van der Waals surface area contributed by atoms with Crippen LogP contribution in [0.25, 0.3) is 0 Å². The van der Waals surface area contributed by atoms with Crippen molar-refractivity contribution >= 4 is 35.2 Å². The Labute approximate surface area is 202 Å². The van der Waals surface area contributed by atoms with E-state index in [-0.39, 0.29) is 11.7 Å². The van der Waals surface area contributed by atoms with Crippen LogP contribution in [0.15, 0.2) is 60.0 Å². The molecule has 0 bridgehead atoms. The van der Waals surface area contributed by atoms with Gasteiger partial charge in [-0.1, -0.05) is 23.9 Å². The van der Waals surface area contributed by atoms with Gasteiger partial charge in [0.15, 0.2) is 11.3 Å². The maximum absolute atomic E-state index is 12.4. The number of anilines is 1. The first-order valence-corrected chi connectivity index (χ1v) is 11.6. The Kier molecular flexibility index (Phi) is 8.31. The van der Waals surface area contributed by atoms with E-state index in [0.717, 1.165) is 16.3 Å². The molecular weight excluding hydrogens is 454 g/mol. The number of nitrogens with zero attached hydrogens (tertiary/aromatic N) is 2. The number of thioether (sulfide) groups is 1. The number of rotatable bonds is 8. The van der Waals surface area contributed by atoms with Gasteiger partial charge in [-0.05, 0) is 62.2 Å². The van der Waals surface area contributed by atoms with Crippen LogP contribution in [0, 0.1) is 13.8 Å². The van der Waals surface area contributed by atoms with E-state index in [1.54, 1.807) is 43.5 Å². The second-order valence-corrected chi connectivity index (χ2v) is 8.58. The normalized spacial score (nSPS) is 11.4. The molecule has 1 heterocycles. The van der Waals surface area contributed by atoms with Crippen LogP contribution in [0.3, 0.4) is 0 Å². The molecule has 0 radical (unpaired) electrons. The molecule has 178 valence electrons. The van der Waals surface area contributed by atoms with Crippen LogP contribution in [-0.2, 0) is 16.6 Å². The van der Waals surface area contributed by atoms with E-state index in [1.807, 2.05) is 43.8 Å². The number of ether oxygens (including phenoxy) is 1. The molecule has 1 atom stereocenters. The van der Waals surface area contributed by atoms with E-state index in [2.05, 4.69) is 21.2 Å². The lowest BCUT2D eigenvalue weighted by Gasteiger charge is -2.17. The standard InChI is InChI=1S/C24H27N5O4S/c1-15-6-5-7-20(16(15)2)33-17(3)22(31)27-28-23(32)18-8-10-19(11-9-18)26-21(30)14-34-24-25-12-13-29(24)4/h5-13,17H,14H2,1-4H3,(H,26,30)(H,27,31)(H,28,32). The van der Waals surface area contributed by atoms with Gasteiger partial charge in [0.1, 0.15) is 5.75 Å². The summed E-state index contributed by atoms with van der Waals surface area (Å²) < 4.78 is 7.55. The molecule has 1 aromatic heterocycles. The third kappa shape index (κ3) is 6.61. The zero-order valence-electron chi connectivity index (χ0n) is 19.4. The van der Waals surface area contributed by atoms with Crippen molar-refractivity contribution in [1.82, 2.24) is 20.4 Å². The number of imidazole rings is 1. The molecule has 0 aliphatic carbocycles. The minimum Gasteiger partial charge on any atom is -0.481 e. The van der Waals surface area contributed by atoms with Crippen molar-refractivity contribution in [3.8, 4) is 5.75 Å². The fraction of sp³-hybridized carbons (Fsp3) is 0.250. The van der Waals surface area contributed by atoms with Gasteiger partial charge in [0.05, 0.1) is 5.75 Å². The molecule has 0 aliphatic heterocycles. The molecule has 3 aromatic rings. The summed E-state index contributed by atoms with van der Waals surface area (Å²) in [6.07, 6.45) is 2.68. The van der Waals surface area contributed by atoms with Crippen molar-refractivity contribution in [2.75, 3.05) is 11.1 Å². The van der Waals surface area contributed by atoms with E-state index in [0.29, 0.717) is 17.0 Å². The van der Waals surface area contributed by atoms with Crippen LogP contribution in [0.4, 0.5) is 5.69 Å². The van der Waals surface area contributed by atoms with Gasteiger partial charge in [-0.25, -0.2) is 4.98 Å². The Hall–Kier alpha value is -3.79. The third-order valence-electron chi connectivity index (χ3n) is 5.07. The smallest absolute Gasteiger partial charge is 0.279 e. The van der Waals surface area contributed by atoms with Gasteiger partial charge in [-0.3, -0.25) is 25.2 Å². The second kappa shape index (κ2) is 11.4. The zero-order valence-corrected chi connectivity index (χ0v) is 20.2. The quantitative estimate of drug-likeness (QED) is 0.337. The summed E-state index contributed by atoms with van der Waals surface area (Å²) in [6.45, 7) is 5.49. The van der Waals surface area contributed by atoms with E-state index in [4.69, 9.17) is 4.74 Å². The molecule has 0 saturated carbocycles. The summed E-state index contributed by atoms with van der Waals surface area (Å²) in [6, 6.07) is 12.0. The van der Waals surface area contributed by atoms with Gasteiger partial charge in [0.2, 0.25) is 5.91 Å². The van der Waals surface area contributed by atoms with Gasteiger partial charge in [0.25, 0.3) is 11.8 Å². The largest absolute Gasteiger partial charge is 0.481 e. The maximum Gasteiger partial charge on any atom is 0.279 e. The third-order valence-corrected chi connectivity index (χ3v) is 6.13. The monoisotopic (exact) mass is 481 g/mol. The average molecular weight is 482 g/mol. The summed E-state index contributed by atoms with van der Waals surface area (Å²) in [4.78, 5) is 41.0. The maximum atomic E-state index is 12.4. The second-order valence-electron chi connectivity index (χ2n) is 7.64. The first-order valence-electron chi connectivity index (χ1n) is 10.6. The van der Waals surface area contributed by atoms with E-state index >= 15 is 0 Å². The van der Waals surface area contributed by atoms with Gasteiger partial charge in [-0.15, -0.1) is 0 Å². The number of hydrogen-bond donors (Lipinski definition) is 3. The van der Waals surface area contributed by atoms with Gasteiger partial charge < -0.3 is 14.6 Å². The molecule has 0 fully saturated rings. The molecule has 3 rings (SSSR count). The zero-order chi connectivity index (χ0) is 24.7. The number of benzene rings is 2. The molecule has 0 aliphatic rings. The van der Waals surface area contributed by atoms with Crippen molar-refractivity contribution < 1.29 is 19.1 Å². The number of carbonyl (C=O) groups excluding carboxylic acids is 3.